The van der Waals surface area contributed by atoms with Gasteiger partial charge in [0.1, 0.15) is 5.25 Å². The molecule has 1 unspecified atom stereocenters. The predicted octanol–water partition coefficient (Wildman–Crippen LogP) is 3.74. The molecule has 0 fully saturated rings. The second-order valence-corrected chi connectivity index (χ2v) is 10.7. The van der Waals surface area contributed by atoms with E-state index in [1.807, 2.05) is 0 Å². The van der Waals surface area contributed by atoms with E-state index < -0.39 is 20.9 Å². The number of hydrogen-bond acceptors (Lipinski definition) is 4. The molecule has 0 aromatic heterocycles. The van der Waals surface area contributed by atoms with Gasteiger partial charge in [0, 0.05) is 27.4 Å². The van der Waals surface area contributed by atoms with Crippen molar-refractivity contribution in [3.63, 3.8) is 0 Å². The third kappa shape index (κ3) is 18.2. The van der Waals surface area contributed by atoms with Crippen LogP contribution in [0.25, 0.3) is 0 Å². The minimum Gasteiger partial charge on any atom is -0.412 e. The van der Waals surface area contributed by atoms with Gasteiger partial charge in [-0.1, -0.05) is 103 Å². The zero-order valence-corrected chi connectivity index (χ0v) is 24.4. The van der Waals surface area contributed by atoms with Gasteiger partial charge in [0.05, 0.1) is 4.90 Å². The Morgan fingerprint density at radius 1 is 0.778 bits per heavy atom. The standard InChI is InChI=1S/C26H43NO3S.4H2O.Ti/c1-3-5-6-7-8-9-10-11-12-13-14-15-16-17-18-26(25(28)4-2)31(29,30)24-21-19-23(27)20-22-24;;;;;/h4,19-22,26H,2-3,5-18,27H2,1H3;4*1H2;. The van der Waals surface area contributed by atoms with Crippen molar-refractivity contribution in [1.29, 1.82) is 0 Å². The average molecular weight is 570 g/mol. The van der Waals surface area contributed by atoms with Gasteiger partial charge in [-0.25, -0.2) is 8.42 Å². The number of sulfone groups is 1. The van der Waals surface area contributed by atoms with E-state index in [0.717, 1.165) is 25.3 Å². The Balaban J connectivity index is -0.000000641. The van der Waals surface area contributed by atoms with E-state index in [1.54, 1.807) is 12.1 Å². The van der Waals surface area contributed by atoms with Crippen LogP contribution < -0.4 is 5.73 Å². The molecule has 1 aromatic rings. The molecule has 0 saturated carbocycles. The van der Waals surface area contributed by atoms with E-state index in [4.69, 9.17) is 5.73 Å². The molecule has 0 heterocycles. The van der Waals surface area contributed by atoms with Gasteiger partial charge in [-0.2, -0.15) is 0 Å². The molecule has 1 rings (SSSR count). The van der Waals surface area contributed by atoms with Crippen LogP contribution in [0.2, 0.25) is 0 Å². The summed E-state index contributed by atoms with van der Waals surface area (Å²) in [7, 11) is -3.72. The zero-order valence-electron chi connectivity index (χ0n) is 22.0. The van der Waals surface area contributed by atoms with Crippen LogP contribution in [0.5, 0.6) is 0 Å². The second kappa shape index (κ2) is 27.0. The number of carbonyl (C=O) groups is 1. The van der Waals surface area contributed by atoms with E-state index >= 15 is 0 Å². The van der Waals surface area contributed by atoms with Crippen LogP contribution in [0, 0.1) is 0 Å². The van der Waals surface area contributed by atoms with Crippen LogP contribution in [0.1, 0.15) is 103 Å². The van der Waals surface area contributed by atoms with E-state index in [1.165, 1.54) is 82.8 Å². The number of carbonyl (C=O) groups excluding carboxylic acids is 1. The van der Waals surface area contributed by atoms with Gasteiger partial charge in [0.15, 0.2) is 15.6 Å². The Morgan fingerprint density at radius 2 is 1.14 bits per heavy atom. The van der Waals surface area contributed by atoms with Crippen LogP contribution >= 0.6 is 0 Å². The minimum atomic E-state index is -3.72. The summed E-state index contributed by atoms with van der Waals surface area (Å²) in [6.45, 7) is 5.74. The van der Waals surface area contributed by atoms with E-state index in [-0.39, 0.29) is 48.5 Å². The number of anilines is 1. The Hall–Kier alpha value is -1.07. The number of hydrogen-bond donors (Lipinski definition) is 1. The van der Waals surface area contributed by atoms with Crippen molar-refractivity contribution in [3.8, 4) is 0 Å². The maximum atomic E-state index is 12.9. The Morgan fingerprint density at radius 3 is 1.50 bits per heavy atom. The fourth-order valence-electron chi connectivity index (χ4n) is 3.93. The molecule has 0 saturated heterocycles. The SMILES string of the molecule is C=CC(=O)C(CCCCCCCCCCCCCCCC)S(=O)(=O)c1ccc(N)cc1.O.O.O.O.[Ti]. The summed E-state index contributed by atoms with van der Waals surface area (Å²) in [6.07, 6.45) is 18.8. The van der Waals surface area contributed by atoms with Crippen molar-refractivity contribution in [2.75, 3.05) is 5.73 Å². The average Bonchev–Trinajstić information content (AvgIpc) is 2.76. The smallest absolute Gasteiger partial charge is 0.188 e. The molecule has 0 amide bonds. The second-order valence-electron chi connectivity index (χ2n) is 8.59. The van der Waals surface area contributed by atoms with E-state index in [0.29, 0.717) is 12.1 Å². The summed E-state index contributed by atoms with van der Waals surface area (Å²) in [5.41, 5.74) is 6.15. The molecule has 0 radical (unpaired) electrons. The molecule has 0 aliphatic carbocycles. The predicted molar refractivity (Wildman–Crippen MR) is 146 cm³/mol. The topological polar surface area (TPSA) is 203 Å². The quantitative estimate of drug-likeness (QED) is 0.114. The fraction of sp³-hybridized carbons (Fsp3) is 0.654. The van der Waals surface area contributed by atoms with Gasteiger partial charge >= 0.3 is 0 Å². The number of nitrogens with two attached hydrogens (primary N) is 1. The monoisotopic (exact) mass is 569 g/mol. The van der Waals surface area contributed by atoms with Crippen molar-refractivity contribution < 1.29 is 56.8 Å². The van der Waals surface area contributed by atoms with Crippen LogP contribution in [-0.4, -0.2) is 41.4 Å². The molecule has 0 aliphatic rings. The zero-order chi connectivity index (χ0) is 23.0. The number of unbranched alkanes of at least 4 members (excludes halogenated alkanes) is 13. The van der Waals surface area contributed by atoms with Crippen molar-refractivity contribution >= 4 is 21.3 Å². The number of rotatable bonds is 19. The first-order valence-corrected chi connectivity index (χ1v) is 13.7. The molecule has 8 nitrogen and oxygen atoms in total. The summed E-state index contributed by atoms with van der Waals surface area (Å²) < 4.78 is 25.8. The summed E-state index contributed by atoms with van der Waals surface area (Å²) >= 11 is 0. The van der Waals surface area contributed by atoms with Crippen molar-refractivity contribution in [2.24, 2.45) is 0 Å². The Labute approximate surface area is 233 Å². The first-order valence-electron chi connectivity index (χ1n) is 12.2. The van der Waals surface area contributed by atoms with Gasteiger partial charge < -0.3 is 27.6 Å². The van der Waals surface area contributed by atoms with Crippen LogP contribution in [0.3, 0.4) is 0 Å². The number of benzene rings is 1. The summed E-state index contributed by atoms with van der Waals surface area (Å²) in [5.74, 6) is -0.425. The minimum absolute atomic E-state index is 0. The number of nitrogen functional groups attached to an aromatic ring is 1. The third-order valence-corrected chi connectivity index (χ3v) is 8.07. The van der Waals surface area contributed by atoms with E-state index in [9.17, 15) is 13.2 Å². The molecule has 1 aromatic carbocycles. The summed E-state index contributed by atoms with van der Waals surface area (Å²) in [5, 5.41) is -1.05. The van der Waals surface area contributed by atoms with Crippen LogP contribution in [0.15, 0.2) is 41.8 Å². The van der Waals surface area contributed by atoms with Crippen LogP contribution in [-0.2, 0) is 36.3 Å². The molecule has 0 bridgehead atoms. The molecule has 36 heavy (non-hydrogen) atoms. The molecule has 1 atom stereocenters. The van der Waals surface area contributed by atoms with Gasteiger partial charge in [-0.15, -0.1) is 0 Å². The Bertz CT molecular complexity index is 743. The normalized spacial score (nSPS) is 10.8. The van der Waals surface area contributed by atoms with Gasteiger partial charge in [0.25, 0.3) is 0 Å². The number of ketones is 1. The molecule has 0 aliphatic heterocycles. The van der Waals surface area contributed by atoms with Crippen LogP contribution in [0.4, 0.5) is 5.69 Å². The molecular formula is C26H51NO7STi. The number of allylic oxidation sites excluding steroid dienone is 1. The molecule has 10 heteroatoms. The largest absolute Gasteiger partial charge is 0.412 e. The molecular weight excluding hydrogens is 518 g/mol. The van der Waals surface area contributed by atoms with Gasteiger partial charge in [-0.05, 0) is 36.8 Å². The van der Waals surface area contributed by atoms with Crippen molar-refractivity contribution in [3.05, 3.63) is 36.9 Å². The molecule has 10 N–H and O–H groups in total. The maximum Gasteiger partial charge on any atom is 0.188 e. The van der Waals surface area contributed by atoms with Crippen molar-refractivity contribution in [2.45, 2.75) is 113 Å². The first kappa shape index (κ1) is 44.9. The van der Waals surface area contributed by atoms with Crippen molar-refractivity contribution in [1.82, 2.24) is 0 Å². The van der Waals surface area contributed by atoms with E-state index in [2.05, 4.69) is 13.5 Å². The fourth-order valence-corrected chi connectivity index (χ4v) is 5.65. The van der Waals surface area contributed by atoms with Gasteiger partial charge in [0.2, 0.25) is 0 Å². The summed E-state index contributed by atoms with van der Waals surface area (Å²) in [4.78, 5) is 12.4. The summed E-state index contributed by atoms with van der Waals surface area (Å²) in [6, 6.07) is 6.04. The molecule has 212 valence electrons. The maximum absolute atomic E-state index is 12.9. The first-order chi connectivity index (χ1) is 14.9. The van der Waals surface area contributed by atoms with Gasteiger partial charge in [-0.3, -0.25) is 4.79 Å². The molecule has 0 spiro atoms. The Kier molecular flexibility index (Phi) is 33.6. The third-order valence-electron chi connectivity index (χ3n) is 5.92.